The van der Waals surface area contributed by atoms with Crippen LogP contribution in [0.25, 0.3) is 0 Å². The van der Waals surface area contributed by atoms with E-state index >= 15 is 0 Å². The van der Waals surface area contributed by atoms with Crippen molar-refractivity contribution in [3.05, 3.63) is 40.2 Å². The zero-order chi connectivity index (χ0) is 15.6. The lowest BCUT2D eigenvalue weighted by Crippen LogP contribution is -2.21. The number of hydrogen-bond acceptors (Lipinski definition) is 4. The van der Waals surface area contributed by atoms with Gasteiger partial charge in [0, 0.05) is 10.7 Å². The summed E-state index contributed by atoms with van der Waals surface area (Å²) < 4.78 is 1.31. The number of carbonyl (C=O) groups is 2. The van der Waals surface area contributed by atoms with Crippen molar-refractivity contribution in [2.24, 2.45) is 5.73 Å². The van der Waals surface area contributed by atoms with Crippen LogP contribution in [0.1, 0.15) is 21.7 Å². The van der Waals surface area contributed by atoms with Crippen LogP contribution >= 0.6 is 11.6 Å². The lowest BCUT2D eigenvalue weighted by molar-refractivity contribution is -0.117. The molecule has 8 heteroatoms. The van der Waals surface area contributed by atoms with Gasteiger partial charge in [-0.05, 0) is 31.5 Å². The van der Waals surface area contributed by atoms with E-state index in [9.17, 15) is 9.59 Å². The molecule has 2 amide bonds. The van der Waals surface area contributed by atoms with E-state index in [2.05, 4.69) is 15.6 Å². The van der Waals surface area contributed by atoms with E-state index in [-0.39, 0.29) is 18.1 Å². The minimum Gasteiger partial charge on any atom is -0.364 e. The third-order valence-electron chi connectivity index (χ3n) is 2.96. The van der Waals surface area contributed by atoms with Crippen molar-refractivity contribution in [3.8, 4) is 0 Å². The van der Waals surface area contributed by atoms with Gasteiger partial charge in [0.15, 0.2) is 5.69 Å². The molecule has 1 aromatic carbocycles. The molecule has 0 aliphatic rings. The number of amides is 2. The number of benzene rings is 1. The van der Waals surface area contributed by atoms with E-state index in [4.69, 9.17) is 17.3 Å². The third-order valence-corrected chi connectivity index (χ3v) is 3.37. The Morgan fingerprint density at radius 2 is 2.10 bits per heavy atom. The summed E-state index contributed by atoms with van der Waals surface area (Å²) in [7, 11) is 0. The third kappa shape index (κ3) is 3.38. The number of nitrogens with two attached hydrogens (primary N) is 1. The molecule has 0 bridgehead atoms. The molecule has 7 nitrogen and oxygen atoms in total. The maximum Gasteiger partial charge on any atom is 0.271 e. The highest BCUT2D eigenvalue weighted by atomic mass is 35.5. The summed E-state index contributed by atoms with van der Waals surface area (Å²) in [4.78, 5) is 23.0. The van der Waals surface area contributed by atoms with Crippen molar-refractivity contribution in [1.29, 1.82) is 0 Å². The quantitative estimate of drug-likeness (QED) is 0.888. The van der Waals surface area contributed by atoms with E-state index in [0.29, 0.717) is 16.4 Å². The number of nitrogens with zero attached hydrogens (tertiary/aromatic N) is 3. The fraction of sp³-hybridized carbons (Fsp3) is 0.231. The maximum absolute atomic E-state index is 12.0. The first kappa shape index (κ1) is 15.0. The number of primary amides is 1. The number of halogens is 1. The Hall–Kier alpha value is -2.41. The van der Waals surface area contributed by atoms with E-state index < -0.39 is 5.91 Å². The molecule has 0 saturated heterocycles. The molecule has 2 aromatic rings. The molecule has 3 N–H and O–H groups in total. The molecular weight excluding hydrogens is 294 g/mol. The summed E-state index contributed by atoms with van der Waals surface area (Å²) in [5.41, 5.74) is 7.15. The van der Waals surface area contributed by atoms with Crippen LogP contribution in [0, 0.1) is 13.8 Å². The summed E-state index contributed by atoms with van der Waals surface area (Å²) >= 11 is 5.99. The molecule has 0 aliphatic carbocycles. The predicted octanol–water partition coefficient (Wildman–Crippen LogP) is 1.29. The normalized spacial score (nSPS) is 10.4. The largest absolute Gasteiger partial charge is 0.364 e. The van der Waals surface area contributed by atoms with E-state index in [1.165, 1.54) is 4.68 Å². The zero-order valence-electron chi connectivity index (χ0n) is 11.6. The summed E-state index contributed by atoms with van der Waals surface area (Å²) in [6, 6.07) is 5.23. The highest BCUT2D eigenvalue weighted by Gasteiger charge is 2.15. The topological polar surface area (TPSA) is 103 Å². The molecular formula is C13H14ClN5O2. The first-order valence-electron chi connectivity index (χ1n) is 6.14. The molecule has 21 heavy (non-hydrogen) atoms. The average Bonchev–Trinajstić information content (AvgIpc) is 2.75. The summed E-state index contributed by atoms with van der Waals surface area (Å²) in [5.74, 6) is -0.983. The van der Waals surface area contributed by atoms with Crippen LogP contribution in [-0.4, -0.2) is 26.8 Å². The van der Waals surface area contributed by atoms with Gasteiger partial charge in [0.1, 0.15) is 6.54 Å². The van der Waals surface area contributed by atoms with Crippen molar-refractivity contribution in [3.63, 3.8) is 0 Å². The van der Waals surface area contributed by atoms with E-state index in [1.54, 1.807) is 19.1 Å². The average molecular weight is 308 g/mol. The Morgan fingerprint density at radius 3 is 2.67 bits per heavy atom. The first-order valence-corrected chi connectivity index (χ1v) is 6.52. The first-order chi connectivity index (χ1) is 9.88. The Morgan fingerprint density at radius 1 is 1.38 bits per heavy atom. The molecule has 0 unspecified atom stereocenters. The smallest absolute Gasteiger partial charge is 0.271 e. The van der Waals surface area contributed by atoms with Crippen molar-refractivity contribution in [2.45, 2.75) is 20.4 Å². The molecule has 1 aromatic heterocycles. The van der Waals surface area contributed by atoms with Gasteiger partial charge in [-0.2, -0.15) is 0 Å². The maximum atomic E-state index is 12.0. The van der Waals surface area contributed by atoms with Gasteiger partial charge in [-0.25, -0.2) is 4.68 Å². The number of hydrogen-bond donors (Lipinski definition) is 2. The standard InChI is InChI=1S/C13H14ClN5O2/c1-7-3-4-9(5-10(7)14)16-11(20)6-19-8(2)12(13(15)21)17-18-19/h3-5H,6H2,1-2H3,(H2,15,21)(H,16,20). The van der Waals surface area contributed by atoms with Crippen LogP contribution in [0.5, 0.6) is 0 Å². The Labute approximate surface area is 126 Å². The zero-order valence-corrected chi connectivity index (χ0v) is 12.3. The fourth-order valence-corrected chi connectivity index (χ4v) is 1.93. The Bertz CT molecular complexity index is 711. The van der Waals surface area contributed by atoms with Gasteiger partial charge in [0.2, 0.25) is 5.91 Å². The summed E-state index contributed by atoms with van der Waals surface area (Å²) in [6.45, 7) is 3.42. The molecule has 0 fully saturated rings. The van der Waals surface area contributed by atoms with Crippen molar-refractivity contribution < 1.29 is 9.59 Å². The van der Waals surface area contributed by atoms with Crippen LogP contribution in [0.15, 0.2) is 18.2 Å². The molecule has 0 radical (unpaired) electrons. The number of aromatic nitrogens is 3. The van der Waals surface area contributed by atoms with E-state index in [1.807, 2.05) is 13.0 Å². The molecule has 110 valence electrons. The molecule has 0 atom stereocenters. The Kier molecular flexibility index (Phi) is 4.23. The van der Waals surface area contributed by atoms with Gasteiger partial charge in [-0.1, -0.05) is 22.9 Å². The highest BCUT2D eigenvalue weighted by molar-refractivity contribution is 6.31. The molecule has 1 heterocycles. The predicted molar refractivity (Wildman–Crippen MR) is 78.1 cm³/mol. The van der Waals surface area contributed by atoms with Crippen LogP contribution in [0.4, 0.5) is 5.69 Å². The summed E-state index contributed by atoms with van der Waals surface area (Å²) in [6.07, 6.45) is 0. The van der Waals surface area contributed by atoms with Gasteiger partial charge in [-0.15, -0.1) is 5.10 Å². The van der Waals surface area contributed by atoms with Gasteiger partial charge in [0.05, 0.1) is 5.69 Å². The molecule has 0 aliphatic heterocycles. The lowest BCUT2D eigenvalue weighted by atomic mass is 10.2. The highest BCUT2D eigenvalue weighted by Crippen LogP contribution is 2.19. The van der Waals surface area contributed by atoms with Crippen LogP contribution in [0.3, 0.4) is 0 Å². The number of carbonyl (C=O) groups excluding carboxylic acids is 2. The van der Waals surface area contributed by atoms with Crippen LogP contribution in [-0.2, 0) is 11.3 Å². The number of anilines is 1. The lowest BCUT2D eigenvalue weighted by Gasteiger charge is -2.07. The molecule has 2 rings (SSSR count). The Balaban J connectivity index is 2.08. The number of aryl methyl sites for hydroxylation is 1. The monoisotopic (exact) mass is 307 g/mol. The van der Waals surface area contributed by atoms with Crippen molar-refractivity contribution in [1.82, 2.24) is 15.0 Å². The van der Waals surface area contributed by atoms with Gasteiger partial charge < -0.3 is 11.1 Å². The van der Waals surface area contributed by atoms with Crippen molar-refractivity contribution >= 4 is 29.1 Å². The van der Waals surface area contributed by atoms with Gasteiger partial charge in [0.25, 0.3) is 5.91 Å². The SMILES string of the molecule is Cc1ccc(NC(=O)Cn2nnc(C(N)=O)c2C)cc1Cl. The molecule has 0 spiro atoms. The fourth-order valence-electron chi connectivity index (χ4n) is 1.75. The van der Waals surface area contributed by atoms with E-state index in [0.717, 1.165) is 5.56 Å². The van der Waals surface area contributed by atoms with Crippen LogP contribution in [0.2, 0.25) is 5.02 Å². The van der Waals surface area contributed by atoms with Crippen LogP contribution < -0.4 is 11.1 Å². The summed E-state index contributed by atoms with van der Waals surface area (Å²) in [5, 5.41) is 10.6. The minimum absolute atomic E-state index is 0.0566. The second-order valence-electron chi connectivity index (χ2n) is 4.56. The number of rotatable bonds is 4. The second-order valence-corrected chi connectivity index (χ2v) is 4.96. The number of nitrogens with one attached hydrogen (secondary N) is 1. The van der Waals surface area contributed by atoms with Gasteiger partial charge in [-0.3, -0.25) is 9.59 Å². The molecule has 0 saturated carbocycles. The minimum atomic E-state index is -0.676. The van der Waals surface area contributed by atoms with Gasteiger partial charge >= 0.3 is 0 Å². The van der Waals surface area contributed by atoms with Crippen molar-refractivity contribution in [2.75, 3.05) is 5.32 Å². The second kappa shape index (κ2) is 5.92.